The second-order valence-electron chi connectivity index (χ2n) is 4.21. The van der Waals surface area contributed by atoms with E-state index in [0.29, 0.717) is 0 Å². The molecule has 0 aromatic heterocycles. The molecule has 0 aromatic carbocycles. The zero-order valence-electron chi connectivity index (χ0n) is 7.48. The molecular formula is C8H18ClNO. The van der Waals surface area contributed by atoms with Crippen molar-refractivity contribution >= 4 is 12.4 Å². The quantitative estimate of drug-likeness (QED) is 0.586. The molecule has 0 radical (unpaired) electrons. The molecule has 1 aliphatic rings. The molecule has 1 heterocycles. The number of β-amino-alcohol motifs (C(OH)–C–C–N with tert-alkyl or cyclic N) is 1. The van der Waals surface area contributed by atoms with Gasteiger partial charge >= 0.3 is 0 Å². The van der Waals surface area contributed by atoms with Crippen LogP contribution in [-0.2, 0) is 0 Å². The van der Waals surface area contributed by atoms with Gasteiger partial charge in [-0.05, 0) is 18.4 Å². The SMILES string of the molecule is CC(C)(C)C1(O)CCNC1.Cl. The molecule has 1 unspecified atom stereocenters. The number of hydrogen-bond donors (Lipinski definition) is 2. The summed E-state index contributed by atoms with van der Waals surface area (Å²) in [5.41, 5.74) is -0.469. The first-order valence-electron chi connectivity index (χ1n) is 3.89. The second kappa shape index (κ2) is 3.30. The maximum Gasteiger partial charge on any atom is 0.0831 e. The number of halogens is 1. The lowest BCUT2D eigenvalue weighted by Crippen LogP contribution is -2.44. The molecule has 0 bridgehead atoms. The van der Waals surface area contributed by atoms with Gasteiger partial charge in [0.25, 0.3) is 0 Å². The maximum atomic E-state index is 9.97. The molecular weight excluding hydrogens is 162 g/mol. The van der Waals surface area contributed by atoms with Gasteiger partial charge in [0, 0.05) is 6.54 Å². The Morgan fingerprint density at radius 1 is 1.36 bits per heavy atom. The summed E-state index contributed by atoms with van der Waals surface area (Å²) in [6.07, 6.45) is 0.885. The topological polar surface area (TPSA) is 32.3 Å². The van der Waals surface area contributed by atoms with Crippen molar-refractivity contribution in [2.24, 2.45) is 5.41 Å². The van der Waals surface area contributed by atoms with Crippen LogP contribution in [0.25, 0.3) is 0 Å². The summed E-state index contributed by atoms with van der Waals surface area (Å²) in [5, 5.41) is 13.1. The van der Waals surface area contributed by atoms with Crippen molar-refractivity contribution in [3.05, 3.63) is 0 Å². The van der Waals surface area contributed by atoms with Gasteiger partial charge in [0.1, 0.15) is 0 Å². The molecule has 0 amide bonds. The van der Waals surface area contributed by atoms with E-state index in [2.05, 4.69) is 26.1 Å². The van der Waals surface area contributed by atoms with Crippen molar-refractivity contribution in [2.75, 3.05) is 13.1 Å². The van der Waals surface area contributed by atoms with Crippen LogP contribution in [0.4, 0.5) is 0 Å². The third-order valence-electron chi connectivity index (χ3n) is 2.53. The van der Waals surface area contributed by atoms with E-state index in [0.717, 1.165) is 19.5 Å². The van der Waals surface area contributed by atoms with Crippen molar-refractivity contribution in [1.29, 1.82) is 0 Å². The van der Waals surface area contributed by atoms with Crippen molar-refractivity contribution < 1.29 is 5.11 Å². The maximum absolute atomic E-state index is 9.97. The van der Waals surface area contributed by atoms with Gasteiger partial charge in [-0.2, -0.15) is 0 Å². The zero-order valence-corrected chi connectivity index (χ0v) is 8.29. The van der Waals surface area contributed by atoms with Crippen molar-refractivity contribution in [3.8, 4) is 0 Å². The average Bonchev–Trinajstić information content (AvgIpc) is 2.13. The largest absolute Gasteiger partial charge is 0.388 e. The van der Waals surface area contributed by atoms with Crippen LogP contribution in [-0.4, -0.2) is 23.8 Å². The standard InChI is InChI=1S/C8H17NO.ClH/c1-7(2,3)8(10)4-5-9-6-8;/h9-10H,4-6H2,1-3H3;1H. The van der Waals surface area contributed by atoms with Gasteiger partial charge in [0.15, 0.2) is 0 Å². The minimum Gasteiger partial charge on any atom is -0.388 e. The summed E-state index contributed by atoms with van der Waals surface area (Å²) in [6.45, 7) is 7.95. The van der Waals surface area contributed by atoms with Crippen LogP contribution in [0, 0.1) is 5.41 Å². The molecule has 1 fully saturated rings. The van der Waals surface area contributed by atoms with Crippen LogP contribution >= 0.6 is 12.4 Å². The molecule has 0 spiro atoms. The Hall–Kier alpha value is 0.210. The van der Waals surface area contributed by atoms with E-state index in [4.69, 9.17) is 0 Å². The van der Waals surface area contributed by atoms with E-state index in [1.165, 1.54) is 0 Å². The van der Waals surface area contributed by atoms with Gasteiger partial charge in [-0.15, -0.1) is 12.4 Å². The first-order chi connectivity index (χ1) is 4.46. The minimum atomic E-state index is -0.479. The van der Waals surface area contributed by atoms with Crippen LogP contribution in [0.5, 0.6) is 0 Å². The third-order valence-corrected chi connectivity index (χ3v) is 2.53. The molecule has 11 heavy (non-hydrogen) atoms. The van der Waals surface area contributed by atoms with Crippen molar-refractivity contribution in [2.45, 2.75) is 32.8 Å². The second-order valence-corrected chi connectivity index (χ2v) is 4.21. The van der Waals surface area contributed by atoms with E-state index in [-0.39, 0.29) is 17.8 Å². The highest BCUT2D eigenvalue weighted by atomic mass is 35.5. The van der Waals surface area contributed by atoms with Gasteiger partial charge in [-0.3, -0.25) is 0 Å². The average molecular weight is 180 g/mol. The van der Waals surface area contributed by atoms with Crippen molar-refractivity contribution in [1.82, 2.24) is 5.32 Å². The van der Waals surface area contributed by atoms with E-state index >= 15 is 0 Å². The Morgan fingerprint density at radius 3 is 2.09 bits per heavy atom. The lowest BCUT2D eigenvalue weighted by molar-refractivity contribution is -0.0394. The smallest absolute Gasteiger partial charge is 0.0831 e. The number of rotatable bonds is 0. The predicted molar refractivity (Wildman–Crippen MR) is 49.1 cm³/mol. The van der Waals surface area contributed by atoms with Gasteiger partial charge in [0.05, 0.1) is 5.60 Å². The molecule has 1 rings (SSSR count). The summed E-state index contributed by atoms with van der Waals surface area (Å²) in [6, 6.07) is 0. The van der Waals surface area contributed by atoms with Gasteiger partial charge in [-0.1, -0.05) is 20.8 Å². The highest BCUT2D eigenvalue weighted by Gasteiger charge is 2.41. The fourth-order valence-corrected chi connectivity index (χ4v) is 1.32. The summed E-state index contributed by atoms with van der Waals surface area (Å²) < 4.78 is 0. The predicted octanol–water partition coefficient (Wildman–Crippen LogP) is 1.18. The first-order valence-corrected chi connectivity index (χ1v) is 3.89. The molecule has 1 atom stereocenters. The monoisotopic (exact) mass is 179 g/mol. The molecule has 2 nitrogen and oxygen atoms in total. The van der Waals surface area contributed by atoms with E-state index in [1.54, 1.807) is 0 Å². The van der Waals surface area contributed by atoms with E-state index in [1.807, 2.05) is 0 Å². The van der Waals surface area contributed by atoms with Gasteiger partial charge in [-0.25, -0.2) is 0 Å². The Balaban J connectivity index is 0.000001000. The molecule has 0 aromatic rings. The highest BCUT2D eigenvalue weighted by Crippen LogP contribution is 2.34. The van der Waals surface area contributed by atoms with Crippen LogP contribution in [0.3, 0.4) is 0 Å². The molecule has 1 saturated heterocycles. The van der Waals surface area contributed by atoms with Crippen LogP contribution < -0.4 is 5.32 Å². The fourth-order valence-electron chi connectivity index (χ4n) is 1.32. The Kier molecular flexibility index (Phi) is 3.36. The molecule has 3 heteroatoms. The summed E-state index contributed by atoms with van der Waals surface area (Å²) in [5.74, 6) is 0. The van der Waals surface area contributed by atoms with E-state index < -0.39 is 5.60 Å². The Bertz CT molecular complexity index is 125. The molecule has 68 valence electrons. The molecule has 0 aliphatic carbocycles. The number of aliphatic hydroxyl groups is 1. The van der Waals surface area contributed by atoms with Gasteiger partial charge < -0.3 is 10.4 Å². The summed E-state index contributed by atoms with van der Waals surface area (Å²) >= 11 is 0. The van der Waals surface area contributed by atoms with E-state index in [9.17, 15) is 5.11 Å². The third kappa shape index (κ3) is 2.08. The van der Waals surface area contributed by atoms with Crippen LogP contribution in [0.2, 0.25) is 0 Å². The molecule has 0 saturated carbocycles. The highest BCUT2D eigenvalue weighted by molar-refractivity contribution is 5.85. The van der Waals surface area contributed by atoms with Crippen molar-refractivity contribution in [3.63, 3.8) is 0 Å². The lowest BCUT2D eigenvalue weighted by Gasteiger charge is -2.36. The van der Waals surface area contributed by atoms with Gasteiger partial charge in [0.2, 0.25) is 0 Å². The fraction of sp³-hybridized carbons (Fsp3) is 1.00. The zero-order chi connectivity index (χ0) is 7.83. The minimum absolute atomic E-state index is 0. The summed E-state index contributed by atoms with van der Waals surface area (Å²) in [7, 11) is 0. The Labute approximate surface area is 74.8 Å². The molecule has 2 N–H and O–H groups in total. The summed E-state index contributed by atoms with van der Waals surface area (Å²) in [4.78, 5) is 0. The number of nitrogens with one attached hydrogen (secondary N) is 1. The first kappa shape index (κ1) is 11.2. The normalized spacial score (nSPS) is 31.6. The van der Waals surface area contributed by atoms with Crippen LogP contribution in [0.1, 0.15) is 27.2 Å². The Morgan fingerprint density at radius 2 is 1.91 bits per heavy atom. The number of hydrogen-bond acceptors (Lipinski definition) is 2. The van der Waals surface area contributed by atoms with Crippen LogP contribution in [0.15, 0.2) is 0 Å². The lowest BCUT2D eigenvalue weighted by atomic mass is 9.76. The molecule has 1 aliphatic heterocycles.